The Morgan fingerprint density at radius 1 is 1.26 bits per heavy atom. The molecule has 1 aromatic rings. The molecule has 0 unspecified atom stereocenters. The van der Waals surface area contributed by atoms with Gasteiger partial charge in [0.15, 0.2) is 0 Å². The van der Waals surface area contributed by atoms with E-state index in [0.717, 1.165) is 5.56 Å². The van der Waals surface area contributed by atoms with Crippen LogP contribution in [0, 0.1) is 0 Å². The molecule has 0 aliphatic carbocycles. The minimum atomic E-state index is -1.14. The average Bonchev–Trinajstić information content (AvgIpc) is 2.38. The van der Waals surface area contributed by atoms with Gasteiger partial charge in [0.25, 0.3) is 0 Å². The van der Waals surface area contributed by atoms with E-state index < -0.39 is 18.3 Å². The molecule has 1 N–H and O–H groups in total. The molecule has 104 valence electrons. The quantitative estimate of drug-likeness (QED) is 0.782. The third kappa shape index (κ3) is 4.17. The number of carbonyl (C=O) groups excluding carboxylic acids is 1. The Kier molecular flexibility index (Phi) is 5.17. The van der Waals surface area contributed by atoms with Gasteiger partial charge in [0.2, 0.25) is 5.91 Å². The number of carboxylic acids is 1. The van der Waals surface area contributed by atoms with E-state index in [4.69, 9.17) is 14.6 Å². The number of carbonyl (C=O) groups is 2. The van der Waals surface area contributed by atoms with Crippen LogP contribution in [0.5, 0.6) is 11.5 Å². The SMILES string of the molecule is COc1ccc(CN(C)C(=O)CC(=O)O)c(OC)c1. The molecule has 0 saturated carbocycles. The molecule has 1 amide bonds. The number of ether oxygens (including phenoxy) is 2. The van der Waals surface area contributed by atoms with Gasteiger partial charge in [-0.3, -0.25) is 9.59 Å². The van der Waals surface area contributed by atoms with Crippen molar-refractivity contribution in [3.05, 3.63) is 23.8 Å². The Balaban J connectivity index is 2.81. The number of rotatable bonds is 6. The third-order valence-corrected chi connectivity index (χ3v) is 2.63. The van der Waals surface area contributed by atoms with E-state index in [0.29, 0.717) is 11.5 Å². The van der Waals surface area contributed by atoms with Crippen molar-refractivity contribution >= 4 is 11.9 Å². The Morgan fingerprint density at radius 2 is 1.95 bits per heavy atom. The predicted molar refractivity (Wildman–Crippen MR) is 68.3 cm³/mol. The highest BCUT2D eigenvalue weighted by Gasteiger charge is 2.15. The first kappa shape index (κ1) is 14.8. The largest absolute Gasteiger partial charge is 0.497 e. The number of carboxylic acid groups (broad SMARTS) is 1. The van der Waals surface area contributed by atoms with Gasteiger partial charge in [-0.2, -0.15) is 0 Å². The van der Waals surface area contributed by atoms with Crippen molar-refractivity contribution in [2.45, 2.75) is 13.0 Å². The maximum atomic E-state index is 11.6. The second-order valence-corrected chi connectivity index (χ2v) is 4.00. The lowest BCUT2D eigenvalue weighted by molar-refractivity contribution is -0.143. The van der Waals surface area contributed by atoms with Crippen LogP contribution >= 0.6 is 0 Å². The summed E-state index contributed by atoms with van der Waals surface area (Å²) in [7, 11) is 4.63. The molecule has 0 radical (unpaired) electrons. The molecule has 0 bridgehead atoms. The highest BCUT2D eigenvalue weighted by Crippen LogP contribution is 2.25. The van der Waals surface area contributed by atoms with E-state index in [1.54, 1.807) is 32.4 Å². The maximum Gasteiger partial charge on any atom is 0.312 e. The van der Waals surface area contributed by atoms with Crippen LogP contribution in [-0.2, 0) is 16.1 Å². The molecule has 6 nitrogen and oxygen atoms in total. The number of hydrogen-bond acceptors (Lipinski definition) is 4. The lowest BCUT2D eigenvalue weighted by Crippen LogP contribution is -2.28. The Bertz CT molecular complexity index is 472. The van der Waals surface area contributed by atoms with Gasteiger partial charge in [0, 0.05) is 25.2 Å². The van der Waals surface area contributed by atoms with Gasteiger partial charge < -0.3 is 19.5 Å². The summed E-state index contributed by atoms with van der Waals surface area (Å²) in [6.07, 6.45) is -0.519. The first-order chi connectivity index (χ1) is 8.97. The number of hydrogen-bond donors (Lipinski definition) is 1. The zero-order valence-electron chi connectivity index (χ0n) is 11.2. The molecule has 1 aromatic carbocycles. The molecule has 0 saturated heterocycles. The Morgan fingerprint density at radius 3 is 2.47 bits per heavy atom. The molecule has 0 fully saturated rings. The third-order valence-electron chi connectivity index (χ3n) is 2.63. The summed E-state index contributed by atoms with van der Waals surface area (Å²) in [6.45, 7) is 0.277. The lowest BCUT2D eigenvalue weighted by atomic mass is 10.1. The first-order valence-electron chi connectivity index (χ1n) is 5.64. The van der Waals surface area contributed by atoms with Crippen molar-refractivity contribution < 1.29 is 24.2 Å². The zero-order valence-corrected chi connectivity index (χ0v) is 11.2. The van der Waals surface area contributed by atoms with E-state index in [1.807, 2.05) is 0 Å². The van der Waals surface area contributed by atoms with Gasteiger partial charge >= 0.3 is 5.97 Å². The highest BCUT2D eigenvalue weighted by atomic mass is 16.5. The summed E-state index contributed by atoms with van der Waals surface area (Å²) >= 11 is 0. The van der Waals surface area contributed by atoms with Crippen molar-refractivity contribution in [3.63, 3.8) is 0 Å². The van der Waals surface area contributed by atoms with Crippen LogP contribution in [0.3, 0.4) is 0 Å². The summed E-state index contributed by atoms with van der Waals surface area (Å²) < 4.78 is 10.3. The minimum Gasteiger partial charge on any atom is -0.497 e. The molecule has 0 spiro atoms. The maximum absolute atomic E-state index is 11.6. The van der Waals surface area contributed by atoms with Crippen molar-refractivity contribution in [1.29, 1.82) is 0 Å². The fourth-order valence-corrected chi connectivity index (χ4v) is 1.59. The second-order valence-electron chi connectivity index (χ2n) is 4.00. The number of aliphatic carboxylic acids is 1. The Labute approximate surface area is 111 Å². The van der Waals surface area contributed by atoms with Gasteiger partial charge in [-0.1, -0.05) is 0 Å². The van der Waals surface area contributed by atoms with Crippen LogP contribution in [0.4, 0.5) is 0 Å². The summed E-state index contributed by atoms with van der Waals surface area (Å²) in [5.74, 6) is -0.349. The molecule has 0 aliphatic heterocycles. The molecule has 0 aromatic heterocycles. The van der Waals surface area contributed by atoms with Crippen molar-refractivity contribution in [1.82, 2.24) is 4.90 Å². The topological polar surface area (TPSA) is 76.1 Å². The van der Waals surface area contributed by atoms with Gasteiger partial charge in [-0.15, -0.1) is 0 Å². The molecule has 0 heterocycles. The van der Waals surface area contributed by atoms with Gasteiger partial charge in [0.05, 0.1) is 14.2 Å². The van der Waals surface area contributed by atoms with Crippen LogP contribution in [0.1, 0.15) is 12.0 Å². The summed E-state index contributed by atoms with van der Waals surface area (Å²) in [5.41, 5.74) is 0.782. The van der Waals surface area contributed by atoms with E-state index >= 15 is 0 Å². The molecule has 0 atom stereocenters. The second kappa shape index (κ2) is 6.63. The van der Waals surface area contributed by atoms with Crippen LogP contribution in [0.15, 0.2) is 18.2 Å². The summed E-state index contributed by atoms with van der Waals surface area (Å²) in [6, 6.07) is 5.25. The number of methoxy groups -OCH3 is 2. The number of amides is 1. The van der Waals surface area contributed by atoms with Gasteiger partial charge in [-0.25, -0.2) is 0 Å². The van der Waals surface area contributed by atoms with Crippen molar-refractivity contribution in [2.75, 3.05) is 21.3 Å². The molecular weight excluding hydrogens is 250 g/mol. The fraction of sp³-hybridized carbons (Fsp3) is 0.385. The lowest BCUT2D eigenvalue weighted by Gasteiger charge is -2.18. The minimum absolute atomic E-state index is 0.277. The molecule has 19 heavy (non-hydrogen) atoms. The molecule has 0 aliphatic rings. The fourth-order valence-electron chi connectivity index (χ4n) is 1.59. The highest BCUT2D eigenvalue weighted by molar-refractivity contribution is 5.93. The van der Waals surface area contributed by atoms with E-state index in [2.05, 4.69) is 0 Å². The number of benzene rings is 1. The van der Waals surface area contributed by atoms with E-state index in [-0.39, 0.29) is 6.54 Å². The summed E-state index contributed by atoms with van der Waals surface area (Å²) in [5, 5.41) is 8.58. The zero-order chi connectivity index (χ0) is 14.4. The van der Waals surface area contributed by atoms with Crippen LogP contribution in [0.25, 0.3) is 0 Å². The molecule has 6 heteroatoms. The normalized spacial score (nSPS) is 9.84. The van der Waals surface area contributed by atoms with Crippen LogP contribution in [0.2, 0.25) is 0 Å². The molecular formula is C13H17NO5. The van der Waals surface area contributed by atoms with E-state index in [9.17, 15) is 9.59 Å². The van der Waals surface area contributed by atoms with Crippen LogP contribution < -0.4 is 9.47 Å². The van der Waals surface area contributed by atoms with Crippen molar-refractivity contribution in [3.8, 4) is 11.5 Å². The average molecular weight is 267 g/mol. The van der Waals surface area contributed by atoms with Crippen molar-refractivity contribution in [2.24, 2.45) is 0 Å². The standard InChI is InChI=1S/C13H17NO5/c1-14(12(15)7-13(16)17)8-9-4-5-10(18-2)6-11(9)19-3/h4-6H,7-8H2,1-3H3,(H,16,17). The van der Waals surface area contributed by atoms with Gasteiger partial charge in [0.1, 0.15) is 17.9 Å². The predicted octanol–water partition coefficient (Wildman–Crippen LogP) is 1.14. The van der Waals surface area contributed by atoms with E-state index in [1.165, 1.54) is 12.0 Å². The molecule has 1 rings (SSSR count). The first-order valence-corrected chi connectivity index (χ1v) is 5.64. The smallest absolute Gasteiger partial charge is 0.312 e. The summed E-state index contributed by atoms with van der Waals surface area (Å²) in [4.78, 5) is 23.4. The Hall–Kier alpha value is -2.24. The number of nitrogens with zero attached hydrogens (tertiary/aromatic N) is 1. The monoisotopic (exact) mass is 267 g/mol. The van der Waals surface area contributed by atoms with Gasteiger partial charge in [-0.05, 0) is 12.1 Å². The van der Waals surface area contributed by atoms with Crippen LogP contribution in [-0.4, -0.2) is 43.2 Å².